The Bertz CT molecular complexity index is 927. The first kappa shape index (κ1) is 16.6. The van der Waals surface area contributed by atoms with Crippen molar-refractivity contribution in [3.63, 3.8) is 0 Å². The first-order valence-corrected chi connectivity index (χ1v) is 9.07. The highest BCUT2D eigenvalue weighted by Crippen LogP contribution is 2.23. The van der Waals surface area contributed by atoms with Gasteiger partial charge >= 0.3 is 0 Å². The molecule has 2 N–H and O–H groups in total. The second-order valence-electron chi connectivity index (χ2n) is 5.63. The molecule has 0 bridgehead atoms. The van der Waals surface area contributed by atoms with E-state index in [9.17, 15) is 9.59 Å². The summed E-state index contributed by atoms with van der Waals surface area (Å²) in [5.41, 5.74) is 0.903. The maximum atomic E-state index is 12.2. The fourth-order valence-corrected chi connectivity index (χ4v) is 3.59. The Morgan fingerprint density at radius 1 is 1.08 bits per heavy atom. The van der Waals surface area contributed by atoms with Gasteiger partial charge in [0.1, 0.15) is 5.52 Å². The van der Waals surface area contributed by atoms with Gasteiger partial charge < -0.3 is 4.57 Å². The van der Waals surface area contributed by atoms with E-state index >= 15 is 0 Å². The average molecular weight is 344 g/mol. The molecule has 126 valence electrons. The zero-order chi connectivity index (χ0) is 16.9. The van der Waals surface area contributed by atoms with Gasteiger partial charge in [0.05, 0.1) is 6.54 Å². The summed E-state index contributed by atoms with van der Waals surface area (Å²) in [5, 5.41) is 5.46. The van der Waals surface area contributed by atoms with E-state index in [4.69, 9.17) is 0 Å². The predicted molar refractivity (Wildman–Crippen MR) is 96.8 cm³/mol. The minimum absolute atomic E-state index is 0.202. The van der Waals surface area contributed by atoms with Gasteiger partial charge in [-0.25, -0.2) is 4.98 Å². The van der Waals surface area contributed by atoms with Crippen molar-refractivity contribution >= 4 is 22.8 Å². The Morgan fingerprint density at radius 3 is 2.58 bits per heavy atom. The lowest BCUT2D eigenvalue weighted by Gasteiger charge is -2.08. The van der Waals surface area contributed by atoms with Gasteiger partial charge in [0.25, 0.3) is 11.1 Å². The Labute approximate surface area is 143 Å². The summed E-state index contributed by atoms with van der Waals surface area (Å²) in [6.07, 6.45) is 3.40. The quantitative estimate of drug-likeness (QED) is 0.510. The molecule has 0 atom stereocenters. The molecule has 0 aliphatic carbocycles. The van der Waals surface area contributed by atoms with Crippen molar-refractivity contribution in [2.45, 2.75) is 37.9 Å². The van der Waals surface area contributed by atoms with E-state index in [1.165, 1.54) is 0 Å². The van der Waals surface area contributed by atoms with Crippen molar-refractivity contribution in [2.24, 2.45) is 0 Å². The Morgan fingerprint density at radius 2 is 1.83 bits per heavy atom. The molecule has 0 aliphatic heterocycles. The van der Waals surface area contributed by atoms with Gasteiger partial charge in [-0.1, -0.05) is 61.9 Å². The molecule has 24 heavy (non-hydrogen) atoms. The van der Waals surface area contributed by atoms with Crippen LogP contribution in [0.5, 0.6) is 0 Å². The highest BCUT2D eigenvalue weighted by Gasteiger charge is 2.17. The zero-order valence-electron chi connectivity index (χ0n) is 13.5. The molecule has 2 aromatic heterocycles. The monoisotopic (exact) mass is 344 g/mol. The minimum Gasteiger partial charge on any atom is -0.310 e. The Balaban J connectivity index is 2.03. The summed E-state index contributed by atoms with van der Waals surface area (Å²) in [4.78, 5) is 28.7. The molecule has 0 amide bonds. The van der Waals surface area contributed by atoms with Gasteiger partial charge in [-0.05, 0) is 12.0 Å². The van der Waals surface area contributed by atoms with E-state index in [0.717, 1.165) is 30.6 Å². The number of nitrogens with one attached hydrogen (secondary N) is 2. The van der Waals surface area contributed by atoms with Crippen molar-refractivity contribution in [2.75, 3.05) is 5.75 Å². The van der Waals surface area contributed by atoms with Crippen molar-refractivity contribution in [1.29, 1.82) is 0 Å². The lowest BCUT2D eigenvalue weighted by atomic mass is 10.2. The molecule has 7 heteroatoms. The Kier molecular flexibility index (Phi) is 5.20. The number of aromatic amines is 2. The van der Waals surface area contributed by atoms with Gasteiger partial charge in [-0.2, -0.15) is 0 Å². The van der Waals surface area contributed by atoms with Crippen LogP contribution >= 0.6 is 11.8 Å². The van der Waals surface area contributed by atoms with E-state index in [2.05, 4.69) is 22.1 Å². The highest BCUT2D eigenvalue weighted by atomic mass is 32.2. The fourth-order valence-electron chi connectivity index (χ4n) is 2.59. The van der Waals surface area contributed by atoms with Crippen LogP contribution in [0.15, 0.2) is 45.1 Å². The number of aromatic nitrogens is 4. The maximum absolute atomic E-state index is 12.2. The van der Waals surface area contributed by atoms with Crippen LogP contribution in [0.25, 0.3) is 11.0 Å². The highest BCUT2D eigenvalue weighted by molar-refractivity contribution is 7.99. The van der Waals surface area contributed by atoms with Crippen LogP contribution in [0.2, 0.25) is 0 Å². The van der Waals surface area contributed by atoms with Crippen molar-refractivity contribution in [3.05, 3.63) is 56.6 Å². The zero-order valence-corrected chi connectivity index (χ0v) is 14.4. The third-order valence-electron chi connectivity index (χ3n) is 3.81. The van der Waals surface area contributed by atoms with Crippen LogP contribution in [0.1, 0.15) is 31.7 Å². The van der Waals surface area contributed by atoms with E-state index in [-0.39, 0.29) is 16.6 Å². The van der Waals surface area contributed by atoms with E-state index < -0.39 is 0 Å². The molecule has 0 unspecified atom stereocenters. The second-order valence-corrected chi connectivity index (χ2v) is 6.69. The van der Waals surface area contributed by atoms with Gasteiger partial charge in [0.2, 0.25) is 0 Å². The van der Waals surface area contributed by atoms with Gasteiger partial charge in [-0.15, -0.1) is 0 Å². The number of imidazole rings is 1. The van der Waals surface area contributed by atoms with Crippen LogP contribution < -0.4 is 11.1 Å². The SMILES string of the molecule is CCCCCSc1nc2c(=O)[nH][nH]c(=O)c2n1Cc1ccccc1. The maximum Gasteiger partial charge on any atom is 0.290 e. The first-order chi connectivity index (χ1) is 11.7. The third-order valence-corrected chi connectivity index (χ3v) is 4.88. The molecule has 3 aromatic rings. The lowest BCUT2D eigenvalue weighted by molar-refractivity contribution is 0.723. The van der Waals surface area contributed by atoms with E-state index in [1.807, 2.05) is 34.9 Å². The fraction of sp³-hybridized carbons (Fsp3) is 0.353. The smallest absolute Gasteiger partial charge is 0.290 e. The molecular weight excluding hydrogens is 324 g/mol. The topological polar surface area (TPSA) is 83.5 Å². The molecule has 0 spiro atoms. The van der Waals surface area contributed by atoms with Crippen molar-refractivity contribution in [3.8, 4) is 0 Å². The molecule has 0 saturated carbocycles. The lowest BCUT2D eigenvalue weighted by Crippen LogP contribution is -2.20. The van der Waals surface area contributed by atoms with Crippen LogP contribution in [0.4, 0.5) is 0 Å². The summed E-state index contributed by atoms with van der Waals surface area (Å²) in [5.74, 6) is 0.918. The van der Waals surface area contributed by atoms with E-state index in [0.29, 0.717) is 17.2 Å². The molecule has 0 fully saturated rings. The van der Waals surface area contributed by atoms with Gasteiger partial charge in [-0.3, -0.25) is 19.8 Å². The summed E-state index contributed by atoms with van der Waals surface area (Å²) >= 11 is 1.60. The molecule has 2 heterocycles. The molecule has 0 radical (unpaired) electrons. The largest absolute Gasteiger partial charge is 0.310 e. The van der Waals surface area contributed by atoms with Gasteiger partial charge in [0, 0.05) is 5.75 Å². The molecule has 3 rings (SSSR count). The first-order valence-electron chi connectivity index (χ1n) is 8.08. The number of hydrogen-bond acceptors (Lipinski definition) is 4. The van der Waals surface area contributed by atoms with Crippen LogP contribution in [0.3, 0.4) is 0 Å². The molecule has 6 nitrogen and oxygen atoms in total. The Hall–Kier alpha value is -2.28. The number of unbranched alkanes of at least 4 members (excludes halogenated alkanes) is 2. The number of fused-ring (bicyclic) bond motifs is 1. The van der Waals surface area contributed by atoms with Crippen LogP contribution in [0, 0.1) is 0 Å². The number of thioether (sulfide) groups is 1. The second kappa shape index (κ2) is 7.53. The summed E-state index contributed by atoms with van der Waals surface area (Å²) in [7, 11) is 0. The van der Waals surface area contributed by atoms with Crippen LogP contribution in [-0.4, -0.2) is 25.5 Å². The van der Waals surface area contributed by atoms with Crippen LogP contribution in [-0.2, 0) is 6.54 Å². The molecule has 1 aromatic carbocycles. The van der Waals surface area contributed by atoms with E-state index in [1.54, 1.807) is 11.8 Å². The number of nitrogens with zero attached hydrogens (tertiary/aromatic N) is 2. The molecular formula is C17H20N4O2S. The third kappa shape index (κ3) is 3.46. The predicted octanol–water partition coefficient (Wildman–Crippen LogP) is 2.74. The summed E-state index contributed by atoms with van der Waals surface area (Å²) in [6.45, 7) is 2.67. The van der Waals surface area contributed by atoms with Crippen molar-refractivity contribution in [1.82, 2.24) is 19.7 Å². The molecule has 0 aliphatic rings. The average Bonchev–Trinajstić information content (AvgIpc) is 2.96. The van der Waals surface area contributed by atoms with Gasteiger partial charge in [0.15, 0.2) is 10.7 Å². The number of H-pyrrole nitrogens is 2. The standard InChI is InChI=1S/C17H20N4O2S/c1-2-3-7-10-24-17-18-13-14(16(23)20-19-15(13)22)21(17)11-12-8-5-4-6-9-12/h4-6,8-9H,2-3,7,10-11H2,1H3,(H,19,22)(H,20,23). The molecule has 0 saturated heterocycles. The number of hydrogen-bond donors (Lipinski definition) is 2. The summed E-state index contributed by atoms with van der Waals surface area (Å²) in [6, 6.07) is 9.87. The number of benzene rings is 1. The summed E-state index contributed by atoms with van der Waals surface area (Å²) < 4.78 is 1.84. The minimum atomic E-state index is -0.369. The van der Waals surface area contributed by atoms with Crippen molar-refractivity contribution < 1.29 is 0 Å². The normalized spacial score (nSPS) is 11.2. The number of rotatable bonds is 7.